The van der Waals surface area contributed by atoms with Crippen LogP contribution in [0.3, 0.4) is 0 Å². The maximum Gasteiger partial charge on any atom is 0.337 e. The molecule has 0 fully saturated rings. The van der Waals surface area contributed by atoms with Crippen LogP contribution >= 0.6 is 22.7 Å². The van der Waals surface area contributed by atoms with Crippen molar-refractivity contribution in [1.82, 2.24) is 4.98 Å². The highest BCUT2D eigenvalue weighted by atomic mass is 32.1. The minimum atomic E-state index is -0.907. The Balaban J connectivity index is 1.65. The van der Waals surface area contributed by atoms with Gasteiger partial charge >= 0.3 is 5.97 Å². The molecule has 0 spiro atoms. The molecule has 0 bridgehead atoms. The number of ketones is 1. The fraction of sp³-hybridized carbons (Fsp3) is 0.154. The number of nitrogens with zero attached hydrogens (tertiary/aromatic N) is 2. The number of aliphatic hydroxyl groups is 1. The van der Waals surface area contributed by atoms with Gasteiger partial charge in [-0.05, 0) is 53.3 Å². The van der Waals surface area contributed by atoms with Crippen LogP contribution in [0.1, 0.15) is 44.1 Å². The first kappa shape index (κ1) is 22.9. The lowest BCUT2D eigenvalue weighted by molar-refractivity contribution is -0.117. The van der Waals surface area contributed by atoms with Gasteiger partial charge in [-0.25, -0.2) is 9.78 Å². The fourth-order valence-corrected chi connectivity index (χ4v) is 5.82. The molecule has 1 atom stereocenters. The standard InChI is InChI=1S/C26H20N2O5S2/c1-3-14-6-11-17-19(13-14)35-26(27-17)28-21(15-7-9-16(10-8-15)25(32)33-2)20(23(30)24(28)31)22(29)18-5-4-12-34-18/h4-13,21,30H,3H2,1-2H3/t21-/m1/s1. The number of Topliss-reactive ketones (excluding diaryl/α,β-unsaturated/α-hetero) is 1. The summed E-state index contributed by atoms with van der Waals surface area (Å²) in [6.45, 7) is 2.06. The van der Waals surface area contributed by atoms with E-state index in [9.17, 15) is 19.5 Å². The van der Waals surface area contributed by atoms with Gasteiger partial charge in [0.1, 0.15) is 0 Å². The number of aliphatic hydroxyl groups excluding tert-OH is 1. The number of rotatable bonds is 6. The lowest BCUT2D eigenvalue weighted by atomic mass is 9.95. The molecule has 35 heavy (non-hydrogen) atoms. The van der Waals surface area contributed by atoms with E-state index >= 15 is 0 Å². The second-order valence-corrected chi connectivity index (χ2v) is 9.87. The fourth-order valence-electron chi connectivity index (χ4n) is 4.09. The van der Waals surface area contributed by atoms with Crippen molar-refractivity contribution < 1.29 is 24.2 Å². The van der Waals surface area contributed by atoms with Crippen molar-refractivity contribution >= 4 is 55.7 Å². The second kappa shape index (κ2) is 9.09. The lowest BCUT2D eigenvalue weighted by Gasteiger charge is -2.24. The van der Waals surface area contributed by atoms with Crippen LogP contribution in [-0.2, 0) is 16.0 Å². The molecule has 1 aliphatic heterocycles. The molecule has 1 aliphatic rings. The zero-order valence-corrected chi connectivity index (χ0v) is 20.5. The third-order valence-corrected chi connectivity index (χ3v) is 7.79. The second-order valence-electron chi connectivity index (χ2n) is 7.91. The van der Waals surface area contributed by atoms with E-state index in [0.29, 0.717) is 21.1 Å². The number of thiophene rings is 1. The number of aryl methyl sites for hydroxylation is 1. The van der Waals surface area contributed by atoms with Crippen molar-refractivity contribution in [3.63, 3.8) is 0 Å². The smallest absolute Gasteiger partial charge is 0.337 e. The predicted molar refractivity (Wildman–Crippen MR) is 135 cm³/mol. The van der Waals surface area contributed by atoms with Gasteiger partial charge < -0.3 is 9.84 Å². The molecule has 0 unspecified atom stereocenters. The van der Waals surface area contributed by atoms with Crippen LogP contribution < -0.4 is 4.90 Å². The molecule has 0 saturated heterocycles. The van der Waals surface area contributed by atoms with Crippen LogP contribution in [0.15, 0.2) is 71.3 Å². The Bertz CT molecular complexity index is 1490. The van der Waals surface area contributed by atoms with Gasteiger partial charge in [-0.15, -0.1) is 11.3 Å². The maximum absolute atomic E-state index is 13.4. The molecule has 176 valence electrons. The number of methoxy groups -OCH3 is 1. The Hall–Kier alpha value is -3.82. The summed E-state index contributed by atoms with van der Waals surface area (Å²) in [6.07, 6.45) is 0.864. The summed E-state index contributed by atoms with van der Waals surface area (Å²) in [5.74, 6) is -2.22. The molecule has 2 aromatic heterocycles. The molecule has 1 amide bonds. The molecule has 1 N–H and O–H groups in total. The van der Waals surface area contributed by atoms with Gasteiger partial charge in [0.05, 0.1) is 39.4 Å². The number of amides is 1. The summed E-state index contributed by atoms with van der Waals surface area (Å²) >= 11 is 2.56. The van der Waals surface area contributed by atoms with Gasteiger partial charge in [0.2, 0.25) is 5.78 Å². The Morgan fingerprint density at radius 2 is 1.91 bits per heavy atom. The quantitative estimate of drug-likeness (QED) is 0.276. The number of hydrogen-bond donors (Lipinski definition) is 1. The van der Waals surface area contributed by atoms with E-state index in [1.54, 1.807) is 41.8 Å². The maximum atomic E-state index is 13.4. The number of carbonyl (C=O) groups excluding carboxylic acids is 3. The predicted octanol–water partition coefficient (Wildman–Crippen LogP) is 5.49. The summed E-state index contributed by atoms with van der Waals surface area (Å²) in [4.78, 5) is 45.1. The Morgan fingerprint density at radius 3 is 2.57 bits per heavy atom. The van der Waals surface area contributed by atoms with Gasteiger partial charge in [-0.3, -0.25) is 14.5 Å². The third kappa shape index (κ3) is 3.92. The first-order valence-electron chi connectivity index (χ1n) is 10.9. The molecule has 7 nitrogen and oxygen atoms in total. The van der Waals surface area contributed by atoms with Gasteiger partial charge in [0, 0.05) is 0 Å². The first-order valence-corrected chi connectivity index (χ1v) is 12.5. The summed E-state index contributed by atoms with van der Waals surface area (Å²) in [5.41, 5.74) is 2.75. The van der Waals surface area contributed by atoms with E-state index < -0.39 is 29.5 Å². The van der Waals surface area contributed by atoms with Crippen LogP contribution in [0.4, 0.5) is 5.13 Å². The van der Waals surface area contributed by atoms with E-state index in [4.69, 9.17) is 4.74 Å². The zero-order valence-electron chi connectivity index (χ0n) is 18.8. The topological polar surface area (TPSA) is 96.8 Å². The van der Waals surface area contributed by atoms with Gasteiger partial charge in [0.25, 0.3) is 5.91 Å². The van der Waals surface area contributed by atoms with Crippen molar-refractivity contribution in [2.75, 3.05) is 12.0 Å². The monoisotopic (exact) mass is 504 g/mol. The molecule has 5 rings (SSSR count). The normalized spacial score (nSPS) is 15.8. The van der Waals surface area contributed by atoms with E-state index in [-0.39, 0.29) is 5.57 Å². The van der Waals surface area contributed by atoms with Crippen molar-refractivity contribution in [3.05, 3.63) is 92.9 Å². The van der Waals surface area contributed by atoms with Crippen molar-refractivity contribution in [1.29, 1.82) is 0 Å². The number of hydrogen-bond acceptors (Lipinski definition) is 8. The van der Waals surface area contributed by atoms with Crippen molar-refractivity contribution in [2.24, 2.45) is 0 Å². The summed E-state index contributed by atoms with van der Waals surface area (Å²) in [7, 11) is 1.29. The largest absolute Gasteiger partial charge is 0.503 e. The molecule has 0 saturated carbocycles. The number of esters is 1. The highest BCUT2D eigenvalue weighted by Gasteiger charge is 2.46. The number of carbonyl (C=O) groups is 3. The average Bonchev–Trinajstić information content (AvgIpc) is 3.61. The highest BCUT2D eigenvalue weighted by molar-refractivity contribution is 7.22. The van der Waals surface area contributed by atoms with Gasteiger partial charge in [-0.2, -0.15) is 0 Å². The number of ether oxygens (including phenoxy) is 1. The van der Waals surface area contributed by atoms with Crippen LogP contribution in [0.5, 0.6) is 0 Å². The summed E-state index contributed by atoms with van der Waals surface area (Å²) in [6, 6.07) is 14.8. The summed E-state index contributed by atoms with van der Waals surface area (Å²) in [5, 5.41) is 13.0. The molecule has 0 aliphatic carbocycles. The molecule has 4 aromatic rings. The average molecular weight is 505 g/mol. The molecule has 3 heterocycles. The van der Waals surface area contributed by atoms with E-state index in [1.807, 2.05) is 18.2 Å². The lowest BCUT2D eigenvalue weighted by Crippen LogP contribution is -2.31. The summed E-state index contributed by atoms with van der Waals surface area (Å²) < 4.78 is 5.68. The number of fused-ring (bicyclic) bond motifs is 1. The first-order chi connectivity index (χ1) is 16.9. The van der Waals surface area contributed by atoms with Crippen molar-refractivity contribution in [2.45, 2.75) is 19.4 Å². The SMILES string of the molecule is CCc1ccc2nc(N3C(=O)C(O)=C(C(=O)c4cccs4)[C@H]3c3ccc(C(=O)OC)cc3)sc2c1. The van der Waals surface area contributed by atoms with E-state index in [0.717, 1.165) is 22.2 Å². The molecule has 2 aromatic carbocycles. The van der Waals surface area contributed by atoms with Gasteiger partial charge in [-0.1, -0.05) is 42.5 Å². The number of benzene rings is 2. The Labute approximate surface area is 208 Å². The number of anilines is 1. The van der Waals surface area contributed by atoms with Crippen LogP contribution in [-0.4, -0.2) is 34.9 Å². The number of thiazole rings is 1. The van der Waals surface area contributed by atoms with Crippen molar-refractivity contribution in [3.8, 4) is 0 Å². The number of aromatic nitrogens is 1. The molecule has 9 heteroatoms. The van der Waals surface area contributed by atoms with E-state index in [1.165, 1.54) is 34.7 Å². The van der Waals surface area contributed by atoms with Crippen LogP contribution in [0.25, 0.3) is 10.2 Å². The zero-order chi connectivity index (χ0) is 24.7. The highest BCUT2D eigenvalue weighted by Crippen LogP contribution is 2.44. The van der Waals surface area contributed by atoms with Gasteiger partial charge in [0.15, 0.2) is 10.9 Å². The van der Waals surface area contributed by atoms with E-state index in [2.05, 4.69) is 11.9 Å². The Kier molecular flexibility index (Phi) is 5.96. The Morgan fingerprint density at radius 1 is 1.14 bits per heavy atom. The molecular formula is C26H20N2O5S2. The van der Waals surface area contributed by atoms with Crippen LogP contribution in [0.2, 0.25) is 0 Å². The third-order valence-electron chi connectivity index (χ3n) is 5.90. The molecule has 0 radical (unpaired) electrons. The minimum Gasteiger partial charge on any atom is -0.503 e. The van der Waals surface area contributed by atoms with Crippen LogP contribution in [0, 0.1) is 0 Å². The minimum absolute atomic E-state index is 0.0169. The molecular weight excluding hydrogens is 484 g/mol.